The molecule has 1 aliphatic heterocycles. The largest absolute Gasteiger partial charge is 0.457 e. The molecule has 0 bridgehead atoms. The summed E-state index contributed by atoms with van der Waals surface area (Å²) in [7, 11) is 0. The van der Waals surface area contributed by atoms with Crippen LogP contribution in [0.2, 0.25) is 0 Å². The maximum Gasteiger partial charge on any atom is 0.352 e. The van der Waals surface area contributed by atoms with E-state index >= 15 is 0 Å². The van der Waals surface area contributed by atoms with Crippen LogP contribution in [0.3, 0.4) is 0 Å². The lowest BCUT2D eigenvalue weighted by Gasteiger charge is -2.27. The normalized spacial score (nSPS) is 15.2. The predicted octanol–water partition coefficient (Wildman–Crippen LogP) is 0.415. The van der Waals surface area contributed by atoms with E-state index in [1.807, 2.05) is 12.1 Å². The third kappa shape index (κ3) is 5.20. The van der Waals surface area contributed by atoms with E-state index in [0.29, 0.717) is 24.3 Å². The lowest BCUT2D eigenvalue weighted by Crippen LogP contribution is -2.36. The smallest absolute Gasteiger partial charge is 0.352 e. The number of morpholine rings is 1. The Kier molecular flexibility index (Phi) is 7.59. The standard InChI is InChI=1S/C21H23N5O4S/c1-3-9-30-21(28)16(13-22)20-26(4-2)19(27)17(31-20)14-24-15-5-6-23-18(12-15)25-7-10-29-11-8-25/h3,5-6,12,14H,1,4,7-11H2,2H3,(H,23,24)/b17-14+,20-16-. The van der Waals surface area contributed by atoms with Crippen LogP contribution in [-0.2, 0) is 20.8 Å². The van der Waals surface area contributed by atoms with Crippen LogP contribution < -0.4 is 25.0 Å². The van der Waals surface area contributed by atoms with E-state index in [0.717, 1.165) is 35.9 Å². The number of rotatable bonds is 7. The third-order valence-corrected chi connectivity index (χ3v) is 5.67. The van der Waals surface area contributed by atoms with Gasteiger partial charge < -0.3 is 19.7 Å². The van der Waals surface area contributed by atoms with Crippen molar-refractivity contribution >= 4 is 40.6 Å². The fourth-order valence-corrected chi connectivity index (χ4v) is 4.08. The first kappa shape index (κ1) is 22.3. The van der Waals surface area contributed by atoms with Crippen molar-refractivity contribution in [1.82, 2.24) is 9.55 Å². The number of hydrogen-bond donors (Lipinski definition) is 1. The molecule has 3 rings (SSSR count). The van der Waals surface area contributed by atoms with Gasteiger partial charge in [0.1, 0.15) is 27.7 Å². The second-order valence-electron chi connectivity index (χ2n) is 6.49. The van der Waals surface area contributed by atoms with Crippen molar-refractivity contribution in [1.29, 1.82) is 5.26 Å². The van der Waals surface area contributed by atoms with Gasteiger partial charge in [0.25, 0.3) is 5.56 Å². The highest BCUT2D eigenvalue weighted by Crippen LogP contribution is 2.17. The topological polar surface area (TPSA) is 109 Å². The summed E-state index contributed by atoms with van der Waals surface area (Å²) in [6.45, 7) is 8.41. The number of carbonyl (C=O) groups is 1. The molecule has 1 saturated heterocycles. The predicted molar refractivity (Wildman–Crippen MR) is 119 cm³/mol. The van der Waals surface area contributed by atoms with E-state index in [2.05, 4.69) is 21.8 Å². The summed E-state index contributed by atoms with van der Waals surface area (Å²) in [4.78, 5) is 31.5. The molecule has 1 fully saturated rings. The number of hydrogen-bond acceptors (Lipinski definition) is 9. The number of aromatic nitrogens is 2. The number of esters is 1. The zero-order valence-electron chi connectivity index (χ0n) is 17.2. The van der Waals surface area contributed by atoms with Crippen LogP contribution in [0.25, 0.3) is 11.8 Å². The average Bonchev–Trinajstić information content (AvgIpc) is 3.12. The van der Waals surface area contributed by atoms with Gasteiger partial charge in [0, 0.05) is 43.8 Å². The fraction of sp³-hybridized carbons (Fsp3) is 0.333. The highest BCUT2D eigenvalue weighted by atomic mass is 32.1. The Balaban J connectivity index is 1.94. The molecule has 0 saturated carbocycles. The first-order chi connectivity index (χ1) is 15.1. The van der Waals surface area contributed by atoms with Gasteiger partial charge in [-0.25, -0.2) is 9.78 Å². The first-order valence-corrected chi connectivity index (χ1v) is 10.6. The Labute approximate surface area is 183 Å². The monoisotopic (exact) mass is 441 g/mol. The molecule has 1 N–H and O–H groups in total. The number of nitrogens with one attached hydrogen (secondary N) is 1. The van der Waals surface area contributed by atoms with Gasteiger partial charge in [0.2, 0.25) is 0 Å². The van der Waals surface area contributed by atoms with Crippen LogP contribution in [0.5, 0.6) is 0 Å². The van der Waals surface area contributed by atoms with Gasteiger partial charge in [0.15, 0.2) is 5.57 Å². The van der Waals surface area contributed by atoms with Crippen molar-refractivity contribution in [3.63, 3.8) is 0 Å². The molecule has 9 nitrogen and oxygen atoms in total. The summed E-state index contributed by atoms with van der Waals surface area (Å²) in [6.07, 6.45) is 4.69. The SMILES string of the molecule is C=CCOC(=O)/C(C#N)=c1\s/c(=C/Nc2ccnc(N3CCOCC3)c2)c(=O)n1CC. The van der Waals surface area contributed by atoms with Crippen LogP contribution in [0.1, 0.15) is 6.92 Å². The number of thiazole rings is 1. The minimum absolute atomic E-state index is 0.0141. The molecular formula is C21H23N5O4S. The van der Waals surface area contributed by atoms with Gasteiger partial charge in [-0.05, 0) is 13.0 Å². The Morgan fingerprint density at radius 2 is 2.26 bits per heavy atom. The summed E-state index contributed by atoms with van der Waals surface area (Å²) in [6, 6.07) is 5.56. The molecular weight excluding hydrogens is 418 g/mol. The number of carbonyl (C=O) groups excluding carboxylic acids is 1. The minimum atomic E-state index is -0.783. The van der Waals surface area contributed by atoms with Gasteiger partial charge in [-0.15, -0.1) is 11.3 Å². The summed E-state index contributed by atoms with van der Waals surface area (Å²) in [5, 5.41) is 12.6. The van der Waals surface area contributed by atoms with Gasteiger partial charge in [0.05, 0.1) is 13.2 Å². The molecule has 2 aromatic heterocycles. The summed E-state index contributed by atoms with van der Waals surface area (Å²) < 4.78 is 12.4. The molecule has 3 heterocycles. The minimum Gasteiger partial charge on any atom is -0.457 e. The molecule has 0 aromatic carbocycles. The highest BCUT2D eigenvalue weighted by Gasteiger charge is 2.16. The van der Waals surface area contributed by atoms with Gasteiger partial charge >= 0.3 is 5.97 Å². The maximum atomic E-state index is 12.8. The van der Waals surface area contributed by atoms with Crippen molar-refractivity contribution < 1.29 is 14.3 Å². The Morgan fingerprint density at radius 3 is 2.94 bits per heavy atom. The van der Waals surface area contributed by atoms with E-state index < -0.39 is 5.97 Å². The number of ether oxygens (including phenoxy) is 2. The fourth-order valence-electron chi connectivity index (χ4n) is 3.00. The first-order valence-electron chi connectivity index (χ1n) is 9.76. The number of anilines is 2. The van der Waals surface area contributed by atoms with E-state index in [1.54, 1.807) is 25.4 Å². The zero-order chi connectivity index (χ0) is 22.2. The molecule has 1 aliphatic rings. The Morgan fingerprint density at radius 1 is 1.48 bits per heavy atom. The molecule has 0 amide bonds. The molecule has 162 valence electrons. The number of nitriles is 1. The van der Waals surface area contributed by atoms with Crippen molar-refractivity contribution in [2.24, 2.45) is 0 Å². The third-order valence-electron chi connectivity index (χ3n) is 4.54. The summed E-state index contributed by atoms with van der Waals surface area (Å²) in [5.41, 5.74) is 0.273. The molecule has 10 heteroatoms. The lowest BCUT2D eigenvalue weighted by atomic mass is 10.3. The van der Waals surface area contributed by atoms with E-state index in [9.17, 15) is 14.9 Å². The number of pyridine rings is 1. The Bertz CT molecular complexity index is 1170. The van der Waals surface area contributed by atoms with Crippen LogP contribution in [0.15, 0.2) is 35.8 Å². The molecule has 2 aromatic rings. The van der Waals surface area contributed by atoms with E-state index in [4.69, 9.17) is 9.47 Å². The molecule has 31 heavy (non-hydrogen) atoms. The van der Waals surface area contributed by atoms with Crippen molar-refractivity contribution in [3.8, 4) is 6.07 Å². The summed E-state index contributed by atoms with van der Waals surface area (Å²) in [5.74, 6) is 0.0410. The van der Waals surface area contributed by atoms with Crippen LogP contribution in [0, 0.1) is 11.3 Å². The average molecular weight is 442 g/mol. The van der Waals surface area contributed by atoms with E-state index in [-0.39, 0.29) is 22.4 Å². The quantitative estimate of drug-likeness (QED) is 0.486. The van der Waals surface area contributed by atoms with Crippen molar-refractivity contribution in [3.05, 3.63) is 50.5 Å². The molecule has 0 atom stereocenters. The van der Waals surface area contributed by atoms with Gasteiger partial charge in [-0.3, -0.25) is 9.36 Å². The molecule has 0 spiro atoms. The molecule has 0 radical (unpaired) electrons. The lowest BCUT2D eigenvalue weighted by molar-refractivity contribution is -0.135. The second-order valence-corrected chi connectivity index (χ2v) is 7.52. The highest BCUT2D eigenvalue weighted by molar-refractivity contribution is 7.07. The van der Waals surface area contributed by atoms with E-state index in [1.165, 1.54) is 10.6 Å². The van der Waals surface area contributed by atoms with Gasteiger partial charge in [-0.2, -0.15) is 5.26 Å². The zero-order valence-corrected chi connectivity index (χ0v) is 18.0. The molecule has 0 aliphatic carbocycles. The van der Waals surface area contributed by atoms with Crippen LogP contribution in [0.4, 0.5) is 11.5 Å². The number of nitrogens with zero attached hydrogens (tertiary/aromatic N) is 4. The van der Waals surface area contributed by atoms with Crippen LogP contribution in [-0.4, -0.2) is 48.4 Å². The van der Waals surface area contributed by atoms with Crippen molar-refractivity contribution in [2.75, 3.05) is 43.1 Å². The van der Waals surface area contributed by atoms with Gasteiger partial charge in [-0.1, -0.05) is 12.7 Å². The van der Waals surface area contributed by atoms with Crippen LogP contribution >= 0.6 is 11.3 Å². The Hall–Kier alpha value is -3.42. The maximum absolute atomic E-state index is 12.8. The molecule has 0 unspecified atom stereocenters. The second kappa shape index (κ2) is 10.6. The van der Waals surface area contributed by atoms with Crippen molar-refractivity contribution in [2.45, 2.75) is 13.5 Å². The summed E-state index contributed by atoms with van der Waals surface area (Å²) >= 11 is 1.06.